The first kappa shape index (κ1) is 16.0. The van der Waals surface area contributed by atoms with E-state index in [-0.39, 0.29) is 0 Å². The largest absolute Gasteiger partial charge is 0.366 e. The van der Waals surface area contributed by atoms with Crippen LogP contribution in [0.4, 0.5) is 0 Å². The third-order valence-electron chi connectivity index (χ3n) is 4.06. The number of amidine groups is 1. The van der Waals surface area contributed by atoms with Crippen molar-refractivity contribution in [2.45, 2.75) is 26.1 Å². The van der Waals surface area contributed by atoms with Gasteiger partial charge < -0.3 is 10.0 Å². The molecule has 23 heavy (non-hydrogen) atoms. The van der Waals surface area contributed by atoms with Gasteiger partial charge in [0.15, 0.2) is 10.9 Å². The predicted molar refractivity (Wildman–Crippen MR) is 95.3 cm³/mol. The highest BCUT2D eigenvalue weighted by Gasteiger charge is 2.43. The van der Waals surface area contributed by atoms with Crippen molar-refractivity contribution in [2.24, 2.45) is 4.99 Å². The fraction of sp³-hybridized carbons (Fsp3) is 0.333. The molecule has 2 aromatic rings. The van der Waals surface area contributed by atoms with E-state index in [1.165, 1.54) is 5.56 Å². The minimum Gasteiger partial charge on any atom is -0.366 e. The number of hydrogen-bond acceptors (Lipinski definition) is 4. The summed E-state index contributed by atoms with van der Waals surface area (Å²) in [6, 6.07) is 12.0. The van der Waals surface area contributed by atoms with Gasteiger partial charge in [-0.2, -0.15) is 0 Å². The van der Waals surface area contributed by atoms with E-state index in [4.69, 9.17) is 4.99 Å². The Balaban J connectivity index is 1.83. The van der Waals surface area contributed by atoms with Crippen LogP contribution in [0.2, 0.25) is 0 Å². The van der Waals surface area contributed by atoms with E-state index in [1.807, 2.05) is 48.2 Å². The highest BCUT2D eigenvalue weighted by Crippen LogP contribution is 2.39. The molecule has 4 nitrogen and oxygen atoms in total. The first-order valence-electron chi connectivity index (χ1n) is 7.77. The molecule has 120 valence electrons. The third-order valence-corrected chi connectivity index (χ3v) is 5.21. The normalized spacial score (nSPS) is 22.7. The third kappa shape index (κ3) is 3.26. The number of aryl methyl sites for hydroxylation is 1. The van der Waals surface area contributed by atoms with Crippen molar-refractivity contribution in [1.29, 1.82) is 0 Å². The molecule has 0 radical (unpaired) electrons. The molecule has 1 aliphatic rings. The van der Waals surface area contributed by atoms with Gasteiger partial charge in [0.25, 0.3) is 0 Å². The first-order valence-corrected chi connectivity index (χ1v) is 8.75. The summed E-state index contributed by atoms with van der Waals surface area (Å²) in [4.78, 5) is 10.7. The summed E-state index contributed by atoms with van der Waals surface area (Å²) in [5.74, 6) is 0.596. The Morgan fingerprint density at radius 1 is 1.22 bits per heavy atom. The molecule has 2 heterocycles. The van der Waals surface area contributed by atoms with E-state index in [1.54, 1.807) is 24.2 Å². The minimum atomic E-state index is -0.982. The standard InChI is InChI=1S/C18H21N3OS/c1-3-21-17(20-12-15-8-10-19-11-9-15)23-13-18(21,22)16-6-4-14(2)5-7-16/h4-11,22H,3,12-13H2,1-2H3. The Bertz CT molecular complexity index is 687. The summed E-state index contributed by atoms with van der Waals surface area (Å²) in [5, 5.41) is 12.1. The average Bonchev–Trinajstić information content (AvgIpc) is 2.91. The zero-order valence-electron chi connectivity index (χ0n) is 13.4. The van der Waals surface area contributed by atoms with Crippen LogP contribution < -0.4 is 0 Å². The lowest BCUT2D eigenvalue weighted by molar-refractivity contribution is -0.0453. The quantitative estimate of drug-likeness (QED) is 0.937. The average molecular weight is 327 g/mol. The van der Waals surface area contributed by atoms with E-state index < -0.39 is 5.72 Å². The predicted octanol–water partition coefficient (Wildman–Crippen LogP) is 3.16. The number of aromatic nitrogens is 1. The SMILES string of the molecule is CCN1C(=NCc2ccncc2)SCC1(O)c1ccc(C)cc1. The van der Waals surface area contributed by atoms with Gasteiger partial charge in [0, 0.05) is 24.5 Å². The Labute approximate surface area is 141 Å². The molecule has 0 amide bonds. The van der Waals surface area contributed by atoms with Gasteiger partial charge >= 0.3 is 0 Å². The highest BCUT2D eigenvalue weighted by molar-refractivity contribution is 8.14. The van der Waals surface area contributed by atoms with Gasteiger partial charge in [-0.1, -0.05) is 41.6 Å². The smallest absolute Gasteiger partial charge is 0.175 e. The fourth-order valence-corrected chi connectivity index (χ4v) is 3.96. The van der Waals surface area contributed by atoms with E-state index in [2.05, 4.69) is 11.9 Å². The van der Waals surface area contributed by atoms with Gasteiger partial charge in [-0.3, -0.25) is 9.98 Å². The molecule has 1 fully saturated rings. The van der Waals surface area contributed by atoms with Gasteiger partial charge in [-0.05, 0) is 31.5 Å². The first-order chi connectivity index (χ1) is 11.1. The lowest BCUT2D eigenvalue weighted by atomic mass is 10.0. The van der Waals surface area contributed by atoms with Crippen LogP contribution in [0.25, 0.3) is 0 Å². The molecule has 0 saturated carbocycles. The number of aliphatic imine (C=N–C) groups is 1. The summed E-state index contributed by atoms with van der Waals surface area (Å²) in [6.45, 7) is 5.42. The van der Waals surface area contributed by atoms with Gasteiger partial charge in [-0.25, -0.2) is 0 Å². The molecule has 3 rings (SSSR count). The Morgan fingerprint density at radius 3 is 2.57 bits per heavy atom. The van der Waals surface area contributed by atoms with E-state index in [9.17, 15) is 5.11 Å². The number of pyridine rings is 1. The second-order valence-corrected chi connectivity index (χ2v) is 6.61. The van der Waals surface area contributed by atoms with Crippen LogP contribution in [0.15, 0.2) is 53.8 Å². The molecule has 0 aliphatic carbocycles. The van der Waals surface area contributed by atoms with Gasteiger partial charge in [0.2, 0.25) is 0 Å². The number of thioether (sulfide) groups is 1. The molecule has 1 aliphatic heterocycles. The fourth-order valence-electron chi connectivity index (χ4n) is 2.71. The Kier molecular flexibility index (Phi) is 4.68. The molecular formula is C18H21N3OS. The molecule has 1 N–H and O–H groups in total. The molecule has 1 aromatic carbocycles. The van der Waals surface area contributed by atoms with Crippen LogP contribution in [-0.2, 0) is 12.3 Å². The van der Waals surface area contributed by atoms with Crippen molar-refractivity contribution in [1.82, 2.24) is 9.88 Å². The summed E-state index contributed by atoms with van der Waals surface area (Å²) in [5.41, 5.74) is 2.25. The van der Waals surface area contributed by atoms with Crippen molar-refractivity contribution < 1.29 is 5.11 Å². The number of nitrogens with zero attached hydrogens (tertiary/aromatic N) is 3. The number of rotatable bonds is 4. The van der Waals surface area contributed by atoms with Crippen molar-refractivity contribution in [2.75, 3.05) is 12.3 Å². The zero-order valence-corrected chi connectivity index (χ0v) is 14.3. The van der Waals surface area contributed by atoms with E-state index in [0.29, 0.717) is 18.8 Å². The van der Waals surface area contributed by atoms with Crippen LogP contribution in [-0.4, -0.2) is 32.5 Å². The molecule has 1 unspecified atom stereocenters. The van der Waals surface area contributed by atoms with Crippen LogP contribution in [0.5, 0.6) is 0 Å². The molecule has 1 saturated heterocycles. The molecule has 1 aromatic heterocycles. The van der Waals surface area contributed by atoms with Gasteiger partial charge in [0.1, 0.15) is 0 Å². The second kappa shape index (κ2) is 6.72. The van der Waals surface area contributed by atoms with Crippen molar-refractivity contribution in [3.05, 3.63) is 65.5 Å². The Hall–Kier alpha value is -1.85. The van der Waals surface area contributed by atoms with Crippen LogP contribution in [0.3, 0.4) is 0 Å². The topological polar surface area (TPSA) is 48.7 Å². The number of aliphatic hydroxyl groups is 1. The lowest BCUT2D eigenvalue weighted by Crippen LogP contribution is -2.44. The lowest BCUT2D eigenvalue weighted by Gasteiger charge is -2.33. The summed E-state index contributed by atoms with van der Waals surface area (Å²) >= 11 is 1.61. The van der Waals surface area contributed by atoms with Crippen LogP contribution >= 0.6 is 11.8 Å². The number of benzene rings is 1. The summed E-state index contributed by atoms with van der Waals surface area (Å²) in [7, 11) is 0. The monoisotopic (exact) mass is 327 g/mol. The molecule has 5 heteroatoms. The van der Waals surface area contributed by atoms with Gasteiger partial charge in [0.05, 0.1) is 12.3 Å². The maximum atomic E-state index is 11.2. The maximum absolute atomic E-state index is 11.2. The summed E-state index contributed by atoms with van der Waals surface area (Å²) in [6.07, 6.45) is 3.55. The van der Waals surface area contributed by atoms with Crippen LogP contribution in [0.1, 0.15) is 23.6 Å². The highest BCUT2D eigenvalue weighted by atomic mass is 32.2. The maximum Gasteiger partial charge on any atom is 0.175 e. The summed E-state index contributed by atoms with van der Waals surface area (Å²) < 4.78 is 0. The molecule has 1 atom stereocenters. The number of hydrogen-bond donors (Lipinski definition) is 1. The van der Waals surface area contributed by atoms with E-state index >= 15 is 0 Å². The molecular weight excluding hydrogens is 306 g/mol. The molecule has 0 bridgehead atoms. The van der Waals surface area contributed by atoms with E-state index in [0.717, 1.165) is 16.3 Å². The van der Waals surface area contributed by atoms with Crippen molar-refractivity contribution in [3.8, 4) is 0 Å². The van der Waals surface area contributed by atoms with Crippen molar-refractivity contribution >= 4 is 16.9 Å². The van der Waals surface area contributed by atoms with Gasteiger partial charge in [-0.15, -0.1) is 0 Å². The Morgan fingerprint density at radius 2 is 1.91 bits per heavy atom. The zero-order chi connectivity index (χ0) is 16.3. The van der Waals surface area contributed by atoms with Crippen molar-refractivity contribution in [3.63, 3.8) is 0 Å². The van der Waals surface area contributed by atoms with Crippen LogP contribution in [0, 0.1) is 6.92 Å². The molecule has 0 spiro atoms. The second-order valence-electron chi connectivity index (χ2n) is 5.67. The minimum absolute atomic E-state index is 0.596.